The van der Waals surface area contributed by atoms with Gasteiger partial charge in [-0.05, 0) is 0 Å². The maximum absolute atomic E-state index is 10.5. The van der Waals surface area contributed by atoms with Gasteiger partial charge in [-0.1, -0.05) is 0 Å². The summed E-state index contributed by atoms with van der Waals surface area (Å²) in [7, 11) is 0. The summed E-state index contributed by atoms with van der Waals surface area (Å²) in [5, 5.41) is 67.1. The van der Waals surface area contributed by atoms with Crippen LogP contribution in [0.3, 0.4) is 0 Å². The van der Waals surface area contributed by atoms with Gasteiger partial charge < -0.3 is 53.3 Å². The van der Waals surface area contributed by atoms with Crippen LogP contribution < -0.4 is 42.0 Å². The molecule has 0 bridgehead atoms. The zero-order valence-electron chi connectivity index (χ0n) is 11.0. The maximum Gasteiger partial charge on any atom is 1.00 e. The third kappa shape index (κ3) is 13.6. The van der Waals surface area contributed by atoms with E-state index in [0.29, 0.717) is 0 Å². The second kappa shape index (κ2) is 17.7. The van der Waals surface area contributed by atoms with Crippen molar-refractivity contribution in [1.82, 2.24) is 0 Å². The number of Topliss-reactive ketones (excluding diaryl/α,β-unsaturated/α-hetero) is 1. The average molecular weight is 331 g/mol. The van der Waals surface area contributed by atoms with Crippen LogP contribution in [0.4, 0.5) is 0 Å². The molecule has 0 amide bonds. The molecule has 118 valence electrons. The Hall–Kier alpha value is 0.640. The fraction of sp³-hybridized carbons (Fsp3) is 0.889. The van der Waals surface area contributed by atoms with E-state index < -0.39 is 43.4 Å². The topological polar surface area (TPSA) is 179 Å². The molecule has 11 heteroatoms. The minimum atomic E-state index is -1.86. The van der Waals surface area contributed by atoms with Crippen LogP contribution in [-0.4, -0.2) is 97.5 Å². The molecule has 8 N–H and O–H groups in total. The molecule has 0 spiro atoms. The Morgan fingerprint density at radius 3 is 1.45 bits per heavy atom. The molecule has 0 aromatic rings. The van der Waals surface area contributed by atoms with E-state index in [9.17, 15) is 4.79 Å². The molecule has 0 rings (SSSR count). The van der Waals surface area contributed by atoms with Gasteiger partial charge >= 0.3 is 29.6 Å². The van der Waals surface area contributed by atoms with E-state index >= 15 is 0 Å². The molecule has 0 aromatic carbocycles. The molecular formula is C9H20ClNaO9. The summed E-state index contributed by atoms with van der Waals surface area (Å²) in [6, 6.07) is 0. The van der Waals surface area contributed by atoms with Gasteiger partial charge in [0, 0.05) is 0 Å². The molecule has 0 heterocycles. The Labute approximate surface area is 144 Å². The number of rotatable bonds is 7. The Morgan fingerprint density at radius 2 is 1.25 bits per heavy atom. The zero-order valence-corrected chi connectivity index (χ0v) is 13.8. The van der Waals surface area contributed by atoms with E-state index in [2.05, 4.69) is 0 Å². The van der Waals surface area contributed by atoms with Gasteiger partial charge in [0.2, 0.25) is 0 Å². The molecule has 0 aromatic heterocycles. The van der Waals surface area contributed by atoms with E-state index in [0.717, 1.165) is 0 Å². The minimum absolute atomic E-state index is 0. The van der Waals surface area contributed by atoms with E-state index in [-0.39, 0.29) is 55.2 Å². The average Bonchev–Trinajstić information content (AvgIpc) is 2.43. The Morgan fingerprint density at radius 1 is 0.850 bits per heavy atom. The normalized spacial score (nSPS) is 14.1. The Balaban J connectivity index is -0.000000139. The Kier molecular flexibility index (Phi) is 25.4. The standard InChI is InChI=1S/C6H12O6.C3H8O3.ClH.Na/c7-1-3(9)5(11)6(12)4(10)2-8;4-1-3(6)2-5;;/h3,5-9,11-12H,1-2H2;3-6H,1-2H2;1H;/q;;;+1/p-1/t3-,5-,6-;;;/m1.../s1. The number of ketones is 1. The van der Waals surface area contributed by atoms with Crippen LogP contribution >= 0.6 is 0 Å². The first kappa shape index (κ1) is 28.8. The summed E-state index contributed by atoms with van der Waals surface area (Å²) < 4.78 is 0. The van der Waals surface area contributed by atoms with Crippen LogP contribution in [0.1, 0.15) is 0 Å². The van der Waals surface area contributed by atoms with Crippen molar-refractivity contribution in [2.75, 3.05) is 26.4 Å². The number of hydrogen-bond acceptors (Lipinski definition) is 9. The number of aliphatic hydroxyl groups is 8. The third-order valence-corrected chi connectivity index (χ3v) is 1.81. The van der Waals surface area contributed by atoms with Gasteiger partial charge in [-0.2, -0.15) is 0 Å². The maximum atomic E-state index is 10.5. The largest absolute Gasteiger partial charge is 1.00 e. The van der Waals surface area contributed by atoms with Crippen LogP contribution in [0, 0.1) is 0 Å². The van der Waals surface area contributed by atoms with E-state index in [1.807, 2.05) is 0 Å². The fourth-order valence-corrected chi connectivity index (χ4v) is 0.660. The van der Waals surface area contributed by atoms with Crippen LogP contribution in [0.25, 0.3) is 0 Å². The first-order valence-electron chi connectivity index (χ1n) is 5.04. The summed E-state index contributed by atoms with van der Waals surface area (Å²) >= 11 is 0. The first-order chi connectivity index (χ1) is 8.35. The number of halogens is 1. The van der Waals surface area contributed by atoms with Crippen LogP contribution in [-0.2, 0) is 4.79 Å². The van der Waals surface area contributed by atoms with Gasteiger partial charge in [-0.25, -0.2) is 0 Å². The molecule has 0 fully saturated rings. The molecule has 9 nitrogen and oxygen atoms in total. The predicted molar refractivity (Wildman–Crippen MR) is 57.4 cm³/mol. The summed E-state index contributed by atoms with van der Waals surface area (Å²) in [5.74, 6) is -1.00. The predicted octanol–water partition coefficient (Wildman–Crippen LogP) is -11.0. The fourth-order valence-electron chi connectivity index (χ4n) is 0.660. The molecule has 0 unspecified atom stereocenters. The molecule has 0 radical (unpaired) electrons. The first-order valence-corrected chi connectivity index (χ1v) is 5.04. The number of aliphatic hydroxyl groups excluding tert-OH is 8. The van der Waals surface area contributed by atoms with Crippen LogP contribution in [0.15, 0.2) is 0 Å². The van der Waals surface area contributed by atoms with Gasteiger partial charge in [0.1, 0.15) is 31.0 Å². The quantitative estimate of drug-likeness (QED) is 0.210. The van der Waals surface area contributed by atoms with Gasteiger partial charge in [-0.15, -0.1) is 0 Å². The van der Waals surface area contributed by atoms with Gasteiger partial charge in [0.05, 0.1) is 19.8 Å². The van der Waals surface area contributed by atoms with Crippen molar-refractivity contribution in [3.05, 3.63) is 0 Å². The summed E-state index contributed by atoms with van der Waals surface area (Å²) in [5.41, 5.74) is 0. The monoisotopic (exact) mass is 330 g/mol. The summed E-state index contributed by atoms with van der Waals surface area (Å²) in [4.78, 5) is 10.5. The van der Waals surface area contributed by atoms with Gasteiger partial charge in [0.15, 0.2) is 5.78 Å². The molecular weight excluding hydrogens is 311 g/mol. The summed E-state index contributed by atoms with van der Waals surface area (Å²) in [6.45, 7) is -2.42. The van der Waals surface area contributed by atoms with Crippen molar-refractivity contribution in [2.24, 2.45) is 0 Å². The second-order valence-corrected chi connectivity index (χ2v) is 3.33. The van der Waals surface area contributed by atoms with Crippen molar-refractivity contribution >= 4 is 5.78 Å². The number of hydrogen-bond donors (Lipinski definition) is 8. The van der Waals surface area contributed by atoms with Crippen molar-refractivity contribution in [3.63, 3.8) is 0 Å². The second-order valence-electron chi connectivity index (χ2n) is 3.33. The van der Waals surface area contributed by atoms with Crippen LogP contribution in [0.5, 0.6) is 0 Å². The summed E-state index contributed by atoms with van der Waals surface area (Å²) in [6.07, 6.45) is -6.17. The van der Waals surface area contributed by atoms with Crippen molar-refractivity contribution in [1.29, 1.82) is 0 Å². The smallest absolute Gasteiger partial charge is 1.00 e. The van der Waals surface area contributed by atoms with E-state index in [1.54, 1.807) is 0 Å². The minimum Gasteiger partial charge on any atom is -1.00 e. The van der Waals surface area contributed by atoms with Crippen molar-refractivity contribution in [2.45, 2.75) is 24.4 Å². The SMILES string of the molecule is O=C(CO)[C@@H](O)[C@H](O)[C@H](O)CO.OCC(O)CO.[Cl-].[Na+]. The zero-order chi connectivity index (χ0) is 14.7. The van der Waals surface area contributed by atoms with E-state index in [1.165, 1.54) is 0 Å². The molecule has 0 saturated carbocycles. The van der Waals surface area contributed by atoms with Crippen LogP contribution in [0.2, 0.25) is 0 Å². The molecule has 20 heavy (non-hydrogen) atoms. The number of carbonyl (C=O) groups excluding carboxylic acids is 1. The van der Waals surface area contributed by atoms with Crippen molar-refractivity contribution < 1.29 is 87.6 Å². The number of carbonyl (C=O) groups is 1. The third-order valence-electron chi connectivity index (χ3n) is 1.81. The molecule has 0 aliphatic carbocycles. The Bertz CT molecular complexity index is 218. The molecule has 3 atom stereocenters. The van der Waals surface area contributed by atoms with Crippen molar-refractivity contribution in [3.8, 4) is 0 Å². The molecule has 0 aliphatic heterocycles. The molecule has 0 aliphatic rings. The van der Waals surface area contributed by atoms with Gasteiger partial charge in [0.25, 0.3) is 0 Å². The van der Waals surface area contributed by atoms with Gasteiger partial charge in [-0.3, -0.25) is 4.79 Å². The van der Waals surface area contributed by atoms with E-state index in [4.69, 9.17) is 40.9 Å². The molecule has 0 saturated heterocycles.